The summed E-state index contributed by atoms with van der Waals surface area (Å²) in [7, 11) is 4.54. The van der Waals surface area contributed by atoms with Gasteiger partial charge in [-0.1, -0.05) is 29.8 Å². The molecule has 29 heavy (non-hydrogen) atoms. The lowest BCUT2D eigenvalue weighted by Crippen LogP contribution is -3.08. The minimum absolute atomic E-state index is 0.0137. The molecule has 1 fully saturated rings. The van der Waals surface area contributed by atoms with Crippen molar-refractivity contribution in [2.45, 2.75) is 51.6 Å². The Balaban J connectivity index is 1.63. The molecule has 0 bridgehead atoms. The summed E-state index contributed by atoms with van der Waals surface area (Å²) in [5, 5.41) is 2.54. The average molecular weight is 401 g/mol. The predicted octanol–water partition coefficient (Wildman–Crippen LogP) is 2.39. The van der Waals surface area contributed by atoms with Gasteiger partial charge in [-0.3, -0.25) is 0 Å². The van der Waals surface area contributed by atoms with E-state index in [9.17, 15) is 0 Å². The average Bonchev–Trinajstić information content (AvgIpc) is 3.15. The van der Waals surface area contributed by atoms with E-state index in [1.165, 1.54) is 29.1 Å². The lowest BCUT2D eigenvalue weighted by molar-refractivity contribution is -0.870. The molecule has 4 heteroatoms. The molecule has 1 aliphatic heterocycles. The van der Waals surface area contributed by atoms with Gasteiger partial charge in [0.15, 0.2) is 0 Å². The smallest absolute Gasteiger partial charge is 0.111 e. The molecule has 4 nitrogen and oxygen atoms in total. The largest absolute Gasteiger partial charge is 0.469 e. The van der Waals surface area contributed by atoms with Gasteiger partial charge in [-0.2, -0.15) is 0 Å². The molecule has 3 N–H and O–H groups in total. The van der Waals surface area contributed by atoms with E-state index in [0.717, 1.165) is 38.2 Å². The second kappa shape index (κ2) is 9.46. The van der Waals surface area contributed by atoms with Gasteiger partial charge in [0, 0.05) is 18.9 Å². The first-order valence-electron chi connectivity index (χ1n) is 11.1. The molecule has 0 aliphatic carbocycles. The fraction of sp³-hybridized carbons (Fsp3) is 0.600. The SMILES string of the molecule is Cc1ccc([C@@H](CC[NH2+]C[C@@]2(C[NH+](C)C)CCOC(C)(C)C2)c2ccco2)cc1. The minimum atomic E-state index is -0.0137. The van der Waals surface area contributed by atoms with Gasteiger partial charge in [-0.15, -0.1) is 0 Å². The first-order chi connectivity index (χ1) is 13.8. The van der Waals surface area contributed by atoms with Crippen molar-refractivity contribution in [3.8, 4) is 0 Å². The molecule has 2 atom stereocenters. The van der Waals surface area contributed by atoms with Crippen molar-refractivity contribution < 1.29 is 19.4 Å². The van der Waals surface area contributed by atoms with E-state index in [1.54, 1.807) is 6.26 Å². The number of nitrogens with two attached hydrogens (primary N) is 1. The predicted molar refractivity (Wildman–Crippen MR) is 117 cm³/mol. The van der Waals surface area contributed by atoms with Crippen LogP contribution in [0.2, 0.25) is 0 Å². The summed E-state index contributed by atoms with van der Waals surface area (Å²) in [6.07, 6.45) is 5.18. The number of hydrogen-bond acceptors (Lipinski definition) is 2. The normalized spacial score (nSPS) is 22.7. The van der Waals surface area contributed by atoms with Crippen LogP contribution >= 0.6 is 0 Å². The van der Waals surface area contributed by atoms with Gasteiger partial charge in [0.1, 0.15) is 5.76 Å². The number of ether oxygens (including phenoxy) is 1. The van der Waals surface area contributed by atoms with E-state index in [0.29, 0.717) is 11.3 Å². The van der Waals surface area contributed by atoms with Crippen LogP contribution in [0.5, 0.6) is 0 Å². The third-order valence-corrected chi connectivity index (χ3v) is 6.26. The first kappa shape index (κ1) is 22.1. The zero-order valence-electron chi connectivity index (χ0n) is 19.0. The van der Waals surface area contributed by atoms with Crippen LogP contribution in [0, 0.1) is 12.3 Å². The molecule has 0 unspecified atom stereocenters. The van der Waals surface area contributed by atoms with Crippen LogP contribution in [0.15, 0.2) is 47.1 Å². The summed E-state index contributed by atoms with van der Waals surface area (Å²) >= 11 is 0. The highest BCUT2D eigenvalue weighted by atomic mass is 16.5. The van der Waals surface area contributed by atoms with Crippen LogP contribution in [0.3, 0.4) is 0 Å². The zero-order valence-corrected chi connectivity index (χ0v) is 19.0. The Bertz CT molecular complexity index is 737. The fourth-order valence-corrected chi connectivity index (χ4v) is 5.19. The second-order valence-electron chi connectivity index (χ2n) is 9.97. The topological polar surface area (TPSA) is 43.4 Å². The first-order valence-corrected chi connectivity index (χ1v) is 11.1. The Kier molecular flexibility index (Phi) is 7.20. The summed E-state index contributed by atoms with van der Waals surface area (Å²) in [6, 6.07) is 13.0. The van der Waals surface area contributed by atoms with Crippen molar-refractivity contribution in [2.24, 2.45) is 5.41 Å². The number of nitrogens with one attached hydrogen (secondary N) is 1. The highest BCUT2D eigenvalue weighted by molar-refractivity contribution is 5.29. The number of hydrogen-bond donors (Lipinski definition) is 2. The van der Waals surface area contributed by atoms with Crippen molar-refractivity contribution in [1.82, 2.24) is 0 Å². The summed E-state index contributed by atoms with van der Waals surface area (Å²) in [6.45, 7) is 11.0. The van der Waals surface area contributed by atoms with Crippen molar-refractivity contribution in [3.63, 3.8) is 0 Å². The molecular formula is C25H40N2O2+2. The lowest BCUT2D eigenvalue weighted by Gasteiger charge is -2.43. The van der Waals surface area contributed by atoms with Crippen molar-refractivity contribution in [1.29, 1.82) is 0 Å². The van der Waals surface area contributed by atoms with E-state index in [4.69, 9.17) is 9.15 Å². The van der Waals surface area contributed by atoms with Crippen molar-refractivity contribution in [3.05, 3.63) is 59.5 Å². The lowest BCUT2D eigenvalue weighted by atomic mass is 9.73. The van der Waals surface area contributed by atoms with Crippen LogP contribution in [-0.2, 0) is 4.74 Å². The maximum atomic E-state index is 6.03. The molecular weight excluding hydrogens is 360 g/mol. The molecule has 0 radical (unpaired) electrons. The number of aryl methyl sites for hydroxylation is 1. The molecule has 160 valence electrons. The molecule has 1 aromatic carbocycles. The fourth-order valence-electron chi connectivity index (χ4n) is 5.19. The highest BCUT2D eigenvalue weighted by Gasteiger charge is 2.44. The third-order valence-electron chi connectivity index (χ3n) is 6.26. The monoisotopic (exact) mass is 400 g/mol. The van der Waals surface area contributed by atoms with Gasteiger partial charge in [0.25, 0.3) is 0 Å². The number of quaternary nitrogens is 2. The third kappa shape index (κ3) is 6.18. The van der Waals surface area contributed by atoms with E-state index in [-0.39, 0.29) is 5.60 Å². The van der Waals surface area contributed by atoms with Crippen LogP contribution in [-0.4, -0.2) is 45.9 Å². The van der Waals surface area contributed by atoms with Gasteiger partial charge in [-0.05, 0) is 51.3 Å². The van der Waals surface area contributed by atoms with E-state index >= 15 is 0 Å². The highest BCUT2D eigenvalue weighted by Crippen LogP contribution is 2.37. The van der Waals surface area contributed by atoms with Crippen LogP contribution in [0.4, 0.5) is 0 Å². The minimum Gasteiger partial charge on any atom is -0.469 e. The number of benzene rings is 1. The Labute approximate surface area is 176 Å². The number of furan rings is 1. The Morgan fingerprint density at radius 3 is 2.52 bits per heavy atom. The summed E-state index contributed by atoms with van der Waals surface area (Å²) < 4.78 is 11.8. The van der Waals surface area contributed by atoms with Crippen LogP contribution in [0.1, 0.15) is 55.9 Å². The maximum Gasteiger partial charge on any atom is 0.111 e. The van der Waals surface area contributed by atoms with Gasteiger partial charge in [0.05, 0.1) is 51.0 Å². The molecule has 1 saturated heterocycles. The standard InChI is InChI=1S/C25H38N2O2/c1-20-8-10-21(11-9-20)22(23-7-6-15-28-23)12-14-26-18-25(19-27(4)5)13-16-29-24(2,3)17-25/h6-11,15,22,26H,12-14,16-19H2,1-5H3/p+2/t22-,25-/m1/s1. The van der Waals surface area contributed by atoms with Crippen LogP contribution < -0.4 is 10.2 Å². The zero-order chi connectivity index (χ0) is 20.9. The Morgan fingerprint density at radius 2 is 1.90 bits per heavy atom. The van der Waals surface area contributed by atoms with Crippen molar-refractivity contribution in [2.75, 3.05) is 40.3 Å². The van der Waals surface area contributed by atoms with E-state index in [1.807, 2.05) is 6.07 Å². The van der Waals surface area contributed by atoms with Gasteiger partial charge < -0.3 is 19.4 Å². The molecule has 0 saturated carbocycles. The molecule has 2 aromatic rings. The van der Waals surface area contributed by atoms with E-state index in [2.05, 4.69) is 70.5 Å². The molecule has 2 heterocycles. The quantitative estimate of drug-likeness (QED) is 0.635. The van der Waals surface area contributed by atoms with Gasteiger partial charge >= 0.3 is 0 Å². The van der Waals surface area contributed by atoms with Crippen molar-refractivity contribution >= 4 is 0 Å². The summed E-state index contributed by atoms with van der Waals surface area (Å²) in [5.74, 6) is 1.39. The number of rotatable bonds is 9. The molecule has 0 spiro atoms. The molecule has 3 rings (SSSR count). The molecule has 1 aromatic heterocycles. The molecule has 1 aliphatic rings. The van der Waals surface area contributed by atoms with Gasteiger partial charge in [-0.25, -0.2) is 0 Å². The second-order valence-corrected chi connectivity index (χ2v) is 9.97. The van der Waals surface area contributed by atoms with Crippen LogP contribution in [0.25, 0.3) is 0 Å². The Morgan fingerprint density at radius 1 is 1.14 bits per heavy atom. The Hall–Kier alpha value is -1.62. The maximum absolute atomic E-state index is 6.03. The van der Waals surface area contributed by atoms with Gasteiger partial charge in [0.2, 0.25) is 0 Å². The molecule has 0 amide bonds. The van der Waals surface area contributed by atoms with E-state index < -0.39 is 0 Å². The summed E-state index contributed by atoms with van der Waals surface area (Å²) in [5.41, 5.74) is 2.98. The summed E-state index contributed by atoms with van der Waals surface area (Å²) in [4.78, 5) is 1.53.